The minimum atomic E-state index is -0.227. The molecule has 1 N–H and O–H groups in total. The molecule has 4 heteroatoms. The topological polar surface area (TPSA) is 49.4 Å². The average molecular weight is 238 g/mol. The van der Waals surface area contributed by atoms with E-state index < -0.39 is 0 Å². The van der Waals surface area contributed by atoms with Gasteiger partial charge in [0.2, 0.25) is 11.8 Å². The number of hydrogen-bond acceptors (Lipinski definition) is 2. The minimum Gasteiger partial charge on any atom is -0.342 e. The Morgan fingerprint density at radius 2 is 2.06 bits per heavy atom. The molecule has 1 aliphatic heterocycles. The molecular formula is C13H22N2O2. The van der Waals surface area contributed by atoms with Crippen molar-refractivity contribution in [3.05, 3.63) is 0 Å². The van der Waals surface area contributed by atoms with Crippen molar-refractivity contribution in [3.63, 3.8) is 0 Å². The molecule has 1 aliphatic carbocycles. The highest BCUT2D eigenvalue weighted by molar-refractivity contribution is 5.95. The number of hydrogen-bond donors (Lipinski definition) is 1. The van der Waals surface area contributed by atoms with E-state index in [2.05, 4.69) is 19.2 Å². The Morgan fingerprint density at radius 3 is 2.65 bits per heavy atom. The van der Waals surface area contributed by atoms with Crippen LogP contribution in [-0.4, -0.2) is 35.8 Å². The molecule has 0 bridgehead atoms. The Bertz CT molecular complexity index is 311. The summed E-state index contributed by atoms with van der Waals surface area (Å²) < 4.78 is 0. The highest BCUT2D eigenvalue weighted by atomic mass is 16.2. The SMILES string of the molecule is CC(C)CCCN1CC(=O)NC(C2CC2)C1=O. The molecule has 2 aliphatic rings. The molecule has 0 aromatic heterocycles. The van der Waals surface area contributed by atoms with E-state index in [0.29, 0.717) is 11.8 Å². The third-order valence-electron chi connectivity index (χ3n) is 3.53. The van der Waals surface area contributed by atoms with E-state index in [1.54, 1.807) is 4.90 Å². The van der Waals surface area contributed by atoms with Gasteiger partial charge in [-0.3, -0.25) is 9.59 Å². The van der Waals surface area contributed by atoms with Gasteiger partial charge in [-0.05, 0) is 37.5 Å². The summed E-state index contributed by atoms with van der Waals surface area (Å²) in [6.07, 6.45) is 4.26. The van der Waals surface area contributed by atoms with Gasteiger partial charge in [0.1, 0.15) is 6.04 Å². The van der Waals surface area contributed by atoms with Gasteiger partial charge in [-0.25, -0.2) is 0 Å². The van der Waals surface area contributed by atoms with Gasteiger partial charge in [-0.15, -0.1) is 0 Å². The summed E-state index contributed by atoms with van der Waals surface area (Å²) in [5, 5.41) is 2.83. The number of piperazine rings is 1. The number of amides is 2. The molecule has 17 heavy (non-hydrogen) atoms. The quantitative estimate of drug-likeness (QED) is 0.781. The van der Waals surface area contributed by atoms with Crippen LogP contribution in [0.3, 0.4) is 0 Å². The van der Waals surface area contributed by atoms with Gasteiger partial charge < -0.3 is 10.2 Å². The monoisotopic (exact) mass is 238 g/mol. The van der Waals surface area contributed by atoms with E-state index in [-0.39, 0.29) is 24.4 Å². The van der Waals surface area contributed by atoms with Crippen molar-refractivity contribution in [1.82, 2.24) is 10.2 Å². The molecule has 0 spiro atoms. The third-order valence-corrected chi connectivity index (χ3v) is 3.53. The van der Waals surface area contributed by atoms with Gasteiger partial charge in [0.25, 0.3) is 0 Å². The molecule has 1 saturated heterocycles. The molecule has 1 unspecified atom stereocenters. The van der Waals surface area contributed by atoms with Gasteiger partial charge >= 0.3 is 0 Å². The average Bonchev–Trinajstić information content (AvgIpc) is 3.05. The van der Waals surface area contributed by atoms with Gasteiger partial charge in [-0.1, -0.05) is 13.8 Å². The largest absolute Gasteiger partial charge is 0.342 e. The van der Waals surface area contributed by atoms with Crippen molar-refractivity contribution in [3.8, 4) is 0 Å². The second-order valence-corrected chi connectivity index (χ2v) is 5.68. The van der Waals surface area contributed by atoms with E-state index in [4.69, 9.17) is 0 Å². The Balaban J connectivity index is 1.86. The normalized spacial score (nSPS) is 25.4. The maximum Gasteiger partial charge on any atom is 0.245 e. The van der Waals surface area contributed by atoms with Crippen molar-refractivity contribution in [2.75, 3.05) is 13.1 Å². The first-order valence-corrected chi connectivity index (χ1v) is 6.66. The predicted octanol–water partition coefficient (Wildman–Crippen LogP) is 1.16. The minimum absolute atomic E-state index is 0.00560. The van der Waals surface area contributed by atoms with E-state index in [1.165, 1.54) is 0 Å². The Morgan fingerprint density at radius 1 is 1.35 bits per heavy atom. The van der Waals surface area contributed by atoms with E-state index >= 15 is 0 Å². The molecule has 2 fully saturated rings. The molecule has 1 saturated carbocycles. The smallest absolute Gasteiger partial charge is 0.245 e. The zero-order chi connectivity index (χ0) is 12.4. The lowest BCUT2D eigenvalue weighted by molar-refractivity contribution is -0.145. The van der Waals surface area contributed by atoms with Crippen LogP contribution in [0.4, 0.5) is 0 Å². The highest BCUT2D eigenvalue weighted by Gasteiger charge is 2.42. The van der Waals surface area contributed by atoms with Gasteiger partial charge in [0.05, 0.1) is 6.54 Å². The number of carbonyl (C=O) groups excluding carboxylic acids is 2. The maximum atomic E-state index is 12.1. The summed E-state index contributed by atoms with van der Waals surface area (Å²) >= 11 is 0. The summed E-state index contributed by atoms with van der Waals surface area (Å²) in [5.74, 6) is 1.20. The summed E-state index contributed by atoms with van der Waals surface area (Å²) in [5.41, 5.74) is 0. The summed E-state index contributed by atoms with van der Waals surface area (Å²) in [6, 6.07) is -0.227. The second kappa shape index (κ2) is 5.07. The van der Waals surface area contributed by atoms with Crippen molar-refractivity contribution < 1.29 is 9.59 Å². The van der Waals surface area contributed by atoms with E-state index in [1.807, 2.05) is 0 Å². The predicted molar refractivity (Wildman–Crippen MR) is 65.3 cm³/mol. The molecule has 1 atom stereocenters. The summed E-state index contributed by atoms with van der Waals surface area (Å²) in [4.78, 5) is 25.4. The first kappa shape index (κ1) is 12.4. The fourth-order valence-corrected chi connectivity index (χ4v) is 2.36. The zero-order valence-electron chi connectivity index (χ0n) is 10.7. The van der Waals surface area contributed by atoms with E-state index in [9.17, 15) is 9.59 Å². The number of nitrogens with one attached hydrogen (secondary N) is 1. The highest BCUT2D eigenvalue weighted by Crippen LogP contribution is 2.34. The van der Waals surface area contributed by atoms with Crippen LogP contribution in [0.1, 0.15) is 39.5 Å². The standard InChI is InChI=1S/C13H22N2O2/c1-9(2)4-3-7-15-8-11(16)14-12(13(15)17)10-5-6-10/h9-10,12H,3-8H2,1-2H3,(H,14,16). The molecule has 4 nitrogen and oxygen atoms in total. The molecule has 0 radical (unpaired) electrons. The van der Waals surface area contributed by atoms with Crippen molar-refractivity contribution in [2.24, 2.45) is 11.8 Å². The Labute approximate surface area is 103 Å². The molecule has 0 aromatic carbocycles. The third kappa shape index (κ3) is 3.20. The van der Waals surface area contributed by atoms with Crippen molar-refractivity contribution in [2.45, 2.75) is 45.6 Å². The lowest BCUT2D eigenvalue weighted by atomic mass is 10.1. The van der Waals surface area contributed by atoms with Gasteiger partial charge in [0.15, 0.2) is 0 Å². The lowest BCUT2D eigenvalue weighted by Gasteiger charge is -2.32. The number of nitrogens with zero attached hydrogens (tertiary/aromatic N) is 1. The second-order valence-electron chi connectivity index (χ2n) is 5.68. The fraction of sp³-hybridized carbons (Fsp3) is 0.846. The summed E-state index contributed by atoms with van der Waals surface area (Å²) in [6.45, 7) is 5.34. The molecule has 2 rings (SSSR count). The lowest BCUT2D eigenvalue weighted by Crippen LogP contribution is -2.58. The van der Waals surface area contributed by atoms with Crippen molar-refractivity contribution in [1.29, 1.82) is 0 Å². The Hall–Kier alpha value is -1.06. The van der Waals surface area contributed by atoms with E-state index in [0.717, 1.165) is 32.2 Å². The zero-order valence-corrected chi connectivity index (χ0v) is 10.7. The molecule has 2 amide bonds. The van der Waals surface area contributed by atoms with Gasteiger partial charge in [-0.2, -0.15) is 0 Å². The van der Waals surface area contributed by atoms with Crippen LogP contribution in [0, 0.1) is 11.8 Å². The van der Waals surface area contributed by atoms with Crippen LogP contribution in [0.25, 0.3) is 0 Å². The summed E-state index contributed by atoms with van der Waals surface area (Å²) in [7, 11) is 0. The number of rotatable bonds is 5. The molecule has 1 heterocycles. The van der Waals surface area contributed by atoms with Crippen LogP contribution in [0.2, 0.25) is 0 Å². The number of carbonyl (C=O) groups is 2. The van der Waals surface area contributed by atoms with Crippen LogP contribution < -0.4 is 5.32 Å². The van der Waals surface area contributed by atoms with Crippen LogP contribution in [-0.2, 0) is 9.59 Å². The fourth-order valence-electron chi connectivity index (χ4n) is 2.36. The van der Waals surface area contributed by atoms with Crippen molar-refractivity contribution >= 4 is 11.8 Å². The Kier molecular flexibility index (Phi) is 3.69. The first-order chi connectivity index (χ1) is 8.08. The van der Waals surface area contributed by atoms with Crippen LogP contribution in [0.15, 0.2) is 0 Å². The maximum absolute atomic E-state index is 12.1. The van der Waals surface area contributed by atoms with Crippen LogP contribution in [0.5, 0.6) is 0 Å². The molecular weight excluding hydrogens is 216 g/mol. The van der Waals surface area contributed by atoms with Crippen LogP contribution >= 0.6 is 0 Å². The molecule has 96 valence electrons. The molecule has 0 aromatic rings. The van der Waals surface area contributed by atoms with Gasteiger partial charge in [0, 0.05) is 6.54 Å². The first-order valence-electron chi connectivity index (χ1n) is 6.66.